The normalized spacial score (nSPS) is 28.1. The van der Waals surface area contributed by atoms with Crippen LogP contribution in [0.25, 0.3) is 0 Å². The van der Waals surface area contributed by atoms with Gasteiger partial charge in [0.1, 0.15) is 55.4 Å². The zero-order chi connectivity index (χ0) is 28.2. The largest absolute Gasteiger partial charge is 0.516 e. The first-order chi connectivity index (χ1) is 17.0. The van der Waals surface area contributed by atoms with Crippen LogP contribution in [0.1, 0.15) is 48.5 Å². The number of carbonyl (C=O) groups is 4. The predicted octanol–water partition coefficient (Wildman–Crippen LogP) is 1.72. The second-order valence-corrected chi connectivity index (χ2v) is 11.6. The third-order valence-electron chi connectivity index (χ3n) is 6.20. The number of aliphatic hydroxyl groups is 1. The van der Waals surface area contributed by atoms with Crippen LogP contribution in [0.5, 0.6) is 0 Å². The molecule has 2 rings (SSSR count). The highest BCUT2D eigenvalue weighted by molar-refractivity contribution is 5.77. The van der Waals surface area contributed by atoms with Gasteiger partial charge >= 0.3 is 24.1 Å². The molecule has 0 saturated carbocycles. The first kappa shape index (κ1) is 30.8. The Hall–Kier alpha value is -2.44. The topological polar surface area (TPSA) is 138 Å². The minimum Gasteiger partial charge on any atom is -0.466 e. The molecule has 0 bridgehead atoms. The highest BCUT2D eigenvalue weighted by atomic mass is 16.6. The number of amides is 2. The van der Waals surface area contributed by atoms with Crippen LogP contribution in [-0.2, 0) is 33.3 Å². The second kappa shape index (κ2) is 12.0. The maximum atomic E-state index is 13.2. The number of quaternary nitrogens is 1. The molecule has 2 fully saturated rings. The molecule has 2 amide bonds. The minimum atomic E-state index is -1.11. The molecule has 2 aliphatic rings. The maximum absolute atomic E-state index is 13.2. The summed E-state index contributed by atoms with van der Waals surface area (Å²) >= 11 is 0. The van der Waals surface area contributed by atoms with E-state index in [1.807, 2.05) is 0 Å². The van der Waals surface area contributed by atoms with E-state index < -0.39 is 63.9 Å². The Morgan fingerprint density at radius 3 is 2.03 bits per heavy atom. The van der Waals surface area contributed by atoms with E-state index in [-0.39, 0.29) is 45.9 Å². The van der Waals surface area contributed by atoms with Gasteiger partial charge in [0.15, 0.2) is 0 Å². The van der Waals surface area contributed by atoms with Gasteiger partial charge in [-0.1, -0.05) is 0 Å². The fourth-order valence-electron chi connectivity index (χ4n) is 4.46. The molecule has 5 unspecified atom stereocenters. The molecule has 0 spiro atoms. The zero-order valence-corrected chi connectivity index (χ0v) is 23.3. The zero-order valence-electron chi connectivity index (χ0n) is 23.3. The van der Waals surface area contributed by atoms with Gasteiger partial charge in [0, 0.05) is 13.7 Å². The lowest BCUT2D eigenvalue weighted by molar-refractivity contribution is -0.848. The van der Waals surface area contributed by atoms with Crippen molar-refractivity contribution in [2.75, 3.05) is 53.0 Å². The standard InChI is InChI=1S/C25H43N2O10/c1-9-34-21(30)17-14-27(15-18(17)28,23(32)37-25(5,6)7)10-11-35-20(29)16-12-26(13-19(16)33-8)22(31)36-24(2,3)4/h16-19,28H,9-15H2,1-8H3/q+1. The summed E-state index contributed by atoms with van der Waals surface area (Å²) < 4.78 is 26.6. The second-order valence-electron chi connectivity index (χ2n) is 11.6. The molecule has 5 atom stereocenters. The molecule has 0 aromatic heterocycles. The van der Waals surface area contributed by atoms with Crippen LogP contribution in [0.3, 0.4) is 0 Å². The molecule has 0 aromatic rings. The molecular weight excluding hydrogens is 488 g/mol. The fourth-order valence-corrected chi connectivity index (χ4v) is 4.46. The fraction of sp³-hybridized carbons (Fsp3) is 0.840. The number of methoxy groups -OCH3 is 1. The van der Waals surface area contributed by atoms with Crippen LogP contribution in [0.2, 0.25) is 0 Å². The van der Waals surface area contributed by atoms with Gasteiger partial charge in [0.05, 0.1) is 19.3 Å². The Morgan fingerprint density at radius 2 is 1.49 bits per heavy atom. The quantitative estimate of drug-likeness (QED) is 0.294. The summed E-state index contributed by atoms with van der Waals surface area (Å²) in [4.78, 5) is 52.3. The molecule has 37 heavy (non-hydrogen) atoms. The van der Waals surface area contributed by atoms with Gasteiger partial charge < -0.3 is 33.7 Å². The molecule has 2 saturated heterocycles. The monoisotopic (exact) mass is 531 g/mol. The Bertz CT molecular complexity index is 849. The summed E-state index contributed by atoms with van der Waals surface area (Å²) in [7, 11) is 1.45. The van der Waals surface area contributed by atoms with E-state index in [9.17, 15) is 24.3 Å². The Morgan fingerprint density at radius 1 is 0.892 bits per heavy atom. The van der Waals surface area contributed by atoms with Gasteiger partial charge in [0.25, 0.3) is 0 Å². The van der Waals surface area contributed by atoms with E-state index in [0.717, 1.165) is 0 Å². The van der Waals surface area contributed by atoms with Crippen LogP contribution in [0, 0.1) is 11.8 Å². The smallest absolute Gasteiger partial charge is 0.466 e. The van der Waals surface area contributed by atoms with Crippen molar-refractivity contribution in [2.24, 2.45) is 11.8 Å². The maximum Gasteiger partial charge on any atom is 0.516 e. The molecule has 0 aromatic carbocycles. The number of likely N-dealkylation sites (tertiary alicyclic amines) is 2. The number of nitrogens with zero attached hydrogens (tertiary/aromatic N) is 2. The molecule has 0 radical (unpaired) electrons. The van der Waals surface area contributed by atoms with Crippen molar-refractivity contribution in [1.82, 2.24) is 4.90 Å². The van der Waals surface area contributed by atoms with Gasteiger partial charge in [-0.2, -0.15) is 4.79 Å². The van der Waals surface area contributed by atoms with Crippen molar-refractivity contribution in [2.45, 2.75) is 71.9 Å². The lowest BCUT2D eigenvalue weighted by atomic mass is 10.1. The van der Waals surface area contributed by atoms with Gasteiger partial charge in [0.2, 0.25) is 0 Å². The lowest BCUT2D eigenvalue weighted by Crippen LogP contribution is -2.55. The van der Waals surface area contributed by atoms with E-state index in [1.165, 1.54) is 12.0 Å². The number of ether oxygens (including phenoxy) is 5. The van der Waals surface area contributed by atoms with Crippen LogP contribution in [0.15, 0.2) is 0 Å². The molecule has 212 valence electrons. The van der Waals surface area contributed by atoms with Gasteiger partial charge in [-0.3, -0.25) is 9.59 Å². The summed E-state index contributed by atoms with van der Waals surface area (Å²) in [6.07, 6.45) is -2.86. The van der Waals surface area contributed by atoms with Gasteiger partial charge in [-0.15, -0.1) is 0 Å². The number of hydrogen-bond acceptors (Lipinski definition) is 10. The number of rotatable bonds is 7. The van der Waals surface area contributed by atoms with E-state index >= 15 is 0 Å². The minimum absolute atomic E-state index is 0.00618. The average Bonchev–Trinajstić information content (AvgIpc) is 3.33. The third-order valence-corrected chi connectivity index (χ3v) is 6.20. The van der Waals surface area contributed by atoms with Crippen molar-refractivity contribution in [3.8, 4) is 0 Å². The summed E-state index contributed by atoms with van der Waals surface area (Å²) in [6.45, 7) is 12.2. The van der Waals surface area contributed by atoms with Gasteiger partial charge in [-0.25, -0.2) is 9.28 Å². The molecule has 12 heteroatoms. The van der Waals surface area contributed by atoms with Crippen LogP contribution in [-0.4, -0.2) is 115 Å². The molecule has 2 heterocycles. The van der Waals surface area contributed by atoms with Gasteiger partial charge in [-0.05, 0) is 48.5 Å². The Balaban J connectivity index is 2.09. The Labute approximate surface area is 218 Å². The van der Waals surface area contributed by atoms with E-state index in [4.69, 9.17) is 23.7 Å². The van der Waals surface area contributed by atoms with Crippen molar-refractivity contribution in [3.05, 3.63) is 0 Å². The summed E-state index contributed by atoms with van der Waals surface area (Å²) in [5, 5.41) is 10.6. The number of esters is 2. The predicted molar refractivity (Wildman–Crippen MR) is 130 cm³/mol. The van der Waals surface area contributed by atoms with E-state index in [1.54, 1.807) is 48.5 Å². The number of carbonyl (C=O) groups excluding carboxylic acids is 4. The lowest BCUT2D eigenvalue weighted by Gasteiger charge is -2.32. The molecule has 12 nitrogen and oxygen atoms in total. The van der Waals surface area contributed by atoms with E-state index in [2.05, 4.69) is 0 Å². The summed E-state index contributed by atoms with van der Waals surface area (Å²) in [6, 6.07) is 0. The molecule has 1 N–H and O–H groups in total. The molecule has 2 aliphatic heterocycles. The first-order valence-electron chi connectivity index (χ1n) is 12.6. The van der Waals surface area contributed by atoms with Crippen molar-refractivity contribution < 1.29 is 52.5 Å². The summed E-state index contributed by atoms with van der Waals surface area (Å²) in [5.41, 5.74) is -1.48. The average molecular weight is 532 g/mol. The van der Waals surface area contributed by atoms with E-state index in [0.29, 0.717) is 0 Å². The summed E-state index contributed by atoms with van der Waals surface area (Å²) in [5.74, 6) is -2.81. The molecular formula is C25H43N2O10+. The van der Waals surface area contributed by atoms with Crippen LogP contribution in [0.4, 0.5) is 9.59 Å². The van der Waals surface area contributed by atoms with Crippen LogP contribution >= 0.6 is 0 Å². The molecule has 0 aliphatic carbocycles. The van der Waals surface area contributed by atoms with Crippen molar-refractivity contribution in [3.63, 3.8) is 0 Å². The first-order valence-corrected chi connectivity index (χ1v) is 12.6. The van der Waals surface area contributed by atoms with Crippen molar-refractivity contribution >= 4 is 24.1 Å². The number of aliphatic hydroxyl groups excluding tert-OH is 1. The highest BCUT2D eigenvalue weighted by Gasteiger charge is 2.55. The number of hydrogen-bond donors (Lipinski definition) is 1. The van der Waals surface area contributed by atoms with Crippen molar-refractivity contribution in [1.29, 1.82) is 0 Å². The third kappa shape index (κ3) is 8.27. The highest BCUT2D eigenvalue weighted by Crippen LogP contribution is 2.30. The SMILES string of the molecule is CCOC(=O)C1C[N+](CCOC(=O)C2CN(C(=O)OC(C)(C)C)CC2OC)(C(=O)OC(C)(C)C)CC1O. The Kier molecular flexibility index (Phi) is 9.94. The van der Waals surface area contributed by atoms with Crippen LogP contribution < -0.4 is 0 Å².